The molecule has 3 nitrogen and oxygen atoms in total. The average molecular weight is 279 g/mol. The summed E-state index contributed by atoms with van der Waals surface area (Å²) in [6.45, 7) is 3.66. The summed E-state index contributed by atoms with van der Waals surface area (Å²) in [6.07, 6.45) is 1.48. The number of thiazole rings is 1. The molecule has 0 atom stereocenters. The fourth-order valence-corrected chi connectivity index (χ4v) is 2.77. The molecule has 0 amide bonds. The number of aryl methyl sites for hydroxylation is 2. The van der Waals surface area contributed by atoms with Crippen LogP contribution in [0.4, 0.5) is 4.39 Å². The van der Waals surface area contributed by atoms with Crippen LogP contribution in [-0.4, -0.2) is 16.1 Å². The van der Waals surface area contributed by atoms with Gasteiger partial charge in [0.15, 0.2) is 0 Å². The molecule has 0 unspecified atom stereocenters. The van der Waals surface area contributed by atoms with E-state index in [-0.39, 0.29) is 10.7 Å². The second-order valence-electron chi connectivity index (χ2n) is 4.31. The second-order valence-corrected chi connectivity index (χ2v) is 5.31. The van der Waals surface area contributed by atoms with E-state index < -0.39 is 5.97 Å². The van der Waals surface area contributed by atoms with E-state index in [9.17, 15) is 9.18 Å². The van der Waals surface area contributed by atoms with Gasteiger partial charge in [0.05, 0.1) is 5.69 Å². The van der Waals surface area contributed by atoms with E-state index in [1.165, 1.54) is 6.07 Å². The van der Waals surface area contributed by atoms with Crippen molar-refractivity contribution in [2.24, 2.45) is 0 Å². The molecular weight excluding hydrogens is 265 g/mol. The topological polar surface area (TPSA) is 50.2 Å². The summed E-state index contributed by atoms with van der Waals surface area (Å²) in [4.78, 5) is 15.8. The molecular formula is C14H14FNO2S. The third-order valence-corrected chi connectivity index (χ3v) is 3.92. The molecule has 1 aromatic heterocycles. The van der Waals surface area contributed by atoms with Crippen molar-refractivity contribution in [3.63, 3.8) is 0 Å². The van der Waals surface area contributed by atoms with Gasteiger partial charge in [0.1, 0.15) is 15.7 Å². The van der Waals surface area contributed by atoms with Crippen LogP contribution in [0.3, 0.4) is 0 Å². The molecule has 1 heterocycles. The second kappa shape index (κ2) is 5.48. The van der Waals surface area contributed by atoms with Gasteiger partial charge in [-0.3, -0.25) is 0 Å². The number of aromatic nitrogens is 1. The SMILES string of the molecule is CCCc1nc(-c2ccc(F)c(C)c2)sc1C(=O)O. The first-order valence-electron chi connectivity index (χ1n) is 6.02. The van der Waals surface area contributed by atoms with Gasteiger partial charge in [-0.15, -0.1) is 11.3 Å². The van der Waals surface area contributed by atoms with Crippen LogP contribution >= 0.6 is 11.3 Å². The summed E-state index contributed by atoms with van der Waals surface area (Å²) in [7, 11) is 0. The molecule has 19 heavy (non-hydrogen) atoms. The normalized spacial score (nSPS) is 10.7. The Morgan fingerprint density at radius 3 is 2.79 bits per heavy atom. The fourth-order valence-electron chi connectivity index (χ4n) is 1.83. The lowest BCUT2D eigenvalue weighted by Gasteiger charge is -1.99. The number of nitrogens with zero attached hydrogens (tertiary/aromatic N) is 1. The predicted octanol–water partition coefficient (Wildman–Crippen LogP) is 3.91. The van der Waals surface area contributed by atoms with E-state index in [0.29, 0.717) is 22.7 Å². The number of halogens is 1. The number of carboxylic acids is 1. The fraction of sp³-hybridized carbons (Fsp3) is 0.286. The smallest absolute Gasteiger partial charge is 0.347 e. The summed E-state index contributed by atoms with van der Waals surface area (Å²) in [5.74, 6) is -1.22. The lowest BCUT2D eigenvalue weighted by atomic mass is 10.1. The molecule has 0 bridgehead atoms. The number of rotatable bonds is 4. The maximum absolute atomic E-state index is 13.2. The molecule has 0 spiro atoms. The Kier molecular flexibility index (Phi) is 3.95. The first kappa shape index (κ1) is 13.7. The Balaban J connectivity index is 2.47. The zero-order valence-electron chi connectivity index (χ0n) is 10.7. The van der Waals surface area contributed by atoms with Gasteiger partial charge in [-0.25, -0.2) is 14.2 Å². The van der Waals surface area contributed by atoms with Crippen LogP contribution in [0.25, 0.3) is 10.6 Å². The quantitative estimate of drug-likeness (QED) is 0.923. The molecule has 0 aliphatic heterocycles. The van der Waals surface area contributed by atoms with E-state index in [1.807, 2.05) is 6.92 Å². The number of benzene rings is 1. The summed E-state index contributed by atoms with van der Waals surface area (Å²) < 4.78 is 13.2. The van der Waals surface area contributed by atoms with Gasteiger partial charge in [-0.05, 0) is 37.1 Å². The van der Waals surface area contributed by atoms with Gasteiger partial charge in [0.2, 0.25) is 0 Å². The highest BCUT2D eigenvalue weighted by Gasteiger charge is 2.17. The summed E-state index contributed by atoms with van der Waals surface area (Å²) >= 11 is 1.14. The molecule has 0 aliphatic rings. The third kappa shape index (κ3) is 2.81. The third-order valence-electron chi connectivity index (χ3n) is 2.78. The van der Waals surface area contributed by atoms with E-state index in [1.54, 1.807) is 19.1 Å². The highest BCUT2D eigenvalue weighted by atomic mass is 32.1. The minimum absolute atomic E-state index is 0.271. The lowest BCUT2D eigenvalue weighted by molar-refractivity contribution is 0.0700. The van der Waals surface area contributed by atoms with Crippen molar-refractivity contribution in [2.45, 2.75) is 26.7 Å². The number of carboxylic acid groups (broad SMARTS) is 1. The van der Waals surface area contributed by atoms with Crippen molar-refractivity contribution in [3.05, 3.63) is 40.2 Å². The van der Waals surface area contributed by atoms with Gasteiger partial charge in [-0.1, -0.05) is 13.3 Å². The zero-order chi connectivity index (χ0) is 14.0. The van der Waals surface area contributed by atoms with Crippen LogP contribution in [0.15, 0.2) is 18.2 Å². The van der Waals surface area contributed by atoms with Crippen molar-refractivity contribution >= 4 is 17.3 Å². The van der Waals surface area contributed by atoms with Crippen molar-refractivity contribution in [3.8, 4) is 10.6 Å². The standard InChI is InChI=1S/C14H14FNO2S/c1-3-4-11-12(14(17)18)19-13(16-11)9-5-6-10(15)8(2)7-9/h5-7H,3-4H2,1-2H3,(H,17,18). The van der Waals surface area contributed by atoms with Gasteiger partial charge in [0, 0.05) is 5.56 Å². The van der Waals surface area contributed by atoms with Crippen LogP contribution in [0.2, 0.25) is 0 Å². The van der Waals surface area contributed by atoms with Crippen molar-refractivity contribution in [1.29, 1.82) is 0 Å². The number of carbonyl (C=O) groups is 1. The Hall–Kier alpha value is -1.75. The predicted molar refractivity (Wildman–Crippen MR) is 73.2 cm³/mol. The molecule has 0 aliphatic carbocycles. The Morgan fingerprint density at radius 1 is 1.47 bits per heavy atom. The maximum Gasteiger partial charge on any atom is 0.347 e. The molecule has 0 radical (unpaired) electrons. The number of hydrogen-bond acceptors (Lipinski definition) is 3. The van der Waals surface area contributed by atoms with Gasteiger partial charge in [-0.2, -0.15) is 0 Å². The summed E-state index contributed by atoms with van der Waals surface area (Å²) in [5, 5.41) is 9.79. The minimum Gasteiger partial charge on any atom is -0.477 e. The average Bonchev–Trinajstić information content (AvgIpc) is 2.77. The number of hydrogen-bond donors (Lipinski definition) is 1. The van der Waals surface area contributed by atoms with Crippen LogP contribution in [0.1, 0.15) is 34.3 Å². The van der Waals surface area contributed by atoms with E-state index in [0.717, 1.165) is 23.3 Å². The van der Waals surface area contributed by atoms with E-state index in [4.69, 9.17) is 5.11 Å². The lowest BCUT2D eigenvalue weighted by Crippen LogP contribution is -1.98. The first-order chi connectivity index (χ1) is 9.02. The van der Waals surface area contributed by atoms with E-state index >= 15 is 0 Å². The van der Waals surface area contributed by atoms with Crippen molar-refractivity contribution in [2.75, 3.05) is 0 Å². The summed E-state index contributed by atoms with van der Waals surface area (Å²) in [6, 6.07) is 4.70. The van der Waals surface area contributed by atoms with Gasteiger partial charge < -0.3 is 5.11 Å². The van der Waals surface area contributed by atoms with Crippen molar-refractivity contribution < 1.29 is 14.3 Å². The minimum atomic E-state index is -0.953. The van der Waals surface area contributed by atoms with Gasteiger partial charge >= 0.3 is 5.97 Å². The molecule has 1 aromatic carbocycles. The van der Waals surface area contributed by atoms with Crippen LogP contribution in [0, 0.1) is 12.7 Å². The Labute approximate surface area is 114 Å². The van der Waals surface area contributed by atoms with Gasteiger partial charge in [0.25, 0.3) is 0 Å². The van der Waals surface area contributed by atoms with Crippen LogP contribution < -0.4 is 0 Å². The maximum atomic E-state index is 13.2. The highest BCUT2D eigenvalue weighted by Crippen LogP contribution is 2.30. The number of aromatic carboxylic acids is 1. The molecule has 0 saturated carbocycles. The highest BCUT2D eigenvalue weighted by molar-refractivity contribution is 7.17. The molecule has 2 aromatic rings. The molecule has 5 heteroatoms. The molecule has 1 N–H and O–H groups in total. The first-order valence-corrected chi connectivity index (χ1v) is 6.84. The van der Waals surface area contributed by atoms with Crippen LogP contribution in [-0.2, 0) is 6.42 Å². The molecule has 100 valence electrons. The summed E-state index contributed by atoms with van der Waals surface area (Å²) in [5.41, 5.74) is 1.90. The Morgan fingerprint density at radius 2 is 2.21 bits per heavy atom. The molecule has 2 rings (SSSR count). The monoisotopic (exact) mass is 279 g/mol. The molecule has 0 saturated heterocycles. The molecule has 0 fully saturated rings. The largest absolute Gasteiger partial charge is 0.477 e. The van der Waals surface area contributed by atoms with Crippen molar-refractivity contribution in [1.82, 2.24) is 4.98 Å². The van der Waals surface area contributed by atoms with E-state index in [2.05, 4.69) is 4.98 Å². The van der Waals surface area contributed by atoms with Crippen LogP contribution in [0.5, 0.6) is 0 Å². The zero-order valence-corrected chi connectivity index (χ0v) is 11.6. The Bertz CT molecular complexity index is 622.